The lowest BCUT2D eigenvalue weighted by Crippen LogP contribution is -2.62. The van der Waals surface area contributed by atoms with Crippen LogP contribution in [0, 0.1) is 5.41 Å². The smallest absolute Gasteiger partial charge is 0.0661 e. The van der Waals surface area contributed by atoms with Gasteiger partial charge < -0.3 is 10.1 Å². The molecule has 2 unspecified atom stereocenters. The third kappa shape index (κ3) is 4.45. The zero-order valence-electron chi connectivity index (χ0n) is 14.5. The number of hydrogen-bond acceptors (Lipinski definition) is 2. The molecule has 0 aliphatic heterocycles. The monoisotopic (exact) mass is 295 g/mol. The molecule has 2 saturated carbocycles. The van der Waals surface area contributed by atoms with Gasteiger partial charge in [-0.3, -0.25) is 0 Å². The van der Waals surface area contributed by atoms with E-state index in [1.165, 1.54) is 83.6 Å². The van der Waals surface area contributed by atoms with Crippen LogP contribution in [0.15, 0.2) is 0 Å². The highest BCUT2D eigenvalue weighted by Crippen LogP contribution is 2.54. The second kappa shape index (κ2) is 9.15. The van der Waals surface area contributed by atoms with Crippen LogP contribution < -0.4 is 5.32 Å². The average molecular weight is 296 g/mol. The lowest BCUT2D eigenvalue weighted by Gasteiger charge is -2.54. The summed E-state index contributed by atoms with van der Waals surface area (Å²) in [5, 5.41) is 3.78. The van der Waals surface area contributed by atoms with Crippen molar-refractivity contribution in [1.82, 2.24) is 5.32 Å². The number of unbranched alkanes of at least 4 members (excludes halogenated alkanes) is 5. The molecule has 124 valence electrons. The Balaban J connectivity index is 1.62. The molecule has 0 amide bonds. The van der Waals surface area contributed by atoms with E-state index in [0.29, 0.717) is 11.5 Å². The van der Waals surface area contributed by atoms with Gasteiger partial charge in [-0.25, -0.2) is 0 Å². The fraction of sp³-hybridized carbons (Fsp3) is 1.00. The van der Waals surface area contributed by atoms with Crippen molar-refractivity contribution in [3.8, 4) is 0 Å². The standard InChI is InChI=1S/C19H37NO/c1-3-5-6-7-8-11-15-21-18-16-17(20-14-4-2)19(18)12-9-10-13-19/h17-18,20H,3-16H2,1-2H3. The molecule has 21 heavy (non-hydrogen) atoms. The summed E-state index contributed by atoms with van der Waals surface area (Å²) >= 11 is 0. The third-order valence-electron chi connectivity index (χ3n) is 5.78. The molecule has 2 fully saturated rings. The summed E-state index contributed by atoms with van der Waals surface area (Å²) in [6, 6.07) is 0.745. The van der Waals surface area contributed by atoms with E-state index in [1.807, 2.05) is 0 Å². The van der Waals surface area contributed by atoms with E-state index < -0.39 is 0 Å². The Morgan fingerprint density at radius 3 is 2.38 bits per heavy atom. The van der Waals surface area contributed by atoms with Crippen LogP contribution in [-0.4, -0.2) is 25.3 Å². The summed E-state index contributed by atoms with van der Waals surface area (Å²) in [6.07, 6.45) is 16.9. The van der Waals surface area contributed by atoms with Crippen molar-refractivity contribution in [3.05, 3.63) is 0 Å². The molecule has 2 aliphatic carbocycles. The molecule has 0 aromatic heterocycles. The van der Waals surface area contributed by atoms with E-state index in [1.54, 1.807) is 0 Å². The van der Waals surface area contributed by atoms with Crippen LogP contribution in [0.5, 0.6) is 0 Å². The summed E-state index contributed by atoms with van der Waals surface area (Å²) in [6.45, 7) is 6.72. The quantitative estimate of drug-likeness (QED) is 0.538. The van der Waals surface area contributed by atoms with Crippen molar-refractivity contribution in [3.63, 3.8) is 0 Å². The van der Waals surface area contributed by atoms with E-state index in [0.717, 1.165) is 12.6 Å². The Morgan fingerprint density at radius 2 is 1.67 bits per heavy atom. The predicted molar refractivity (Wildman–Crippen MR) is 90.7 cm³/mol. The first-order chi connectivity index (χ1) is 10.3. The minimum absolute atomic E-state index is 0.511. The molecule has 2 rings (SSSR count). The minimum atomic E-state index is 0.511. The van der Waals surface area contributed by atoms with Crippen molar-refractivity contribution in [2.45, 2.75) is 103 Å². The molecule has 1 N–H and O–H groups in total. The molecule has 0 radical (unpaired) electrons. The Bertz CT molecular complexity index is 273. The van der Waals surface area contributed by atoms with Crippen LogP contribution in [-0.2, 0) is 4.74 Å². The summed E-state index contributed by atoms with van der Waals surface area (Å²) in [5.74, 6) is 0. The molecular formula is C19H37NO. The van der Waals surface area contributed by atoms with Crippen LogP contribution in [0.3, 0.4) is 0 Å². The Kier molecular flexibility index (Phi) is 7.53. The molecule has 2 atom stereocenters. The lowest BCUT2D eigenvalue weighted by molar-refractivity contribution is -0.133. The van der Waals surface area contributed by atoms with E-state index in [9.17, 15) is 0 Å². The molecule has 2 nitrogen and oxygen atoms in total. The summed E-state index contributed by atoms with van der Waals surface area (Å²) in [7, 11) is 0. The minimum Gasteiger partial charge on any atom is -0.378 e. The van der Waals surface area contributed by atoms with Crippen LogP contribution in [0.1, 0.15) is 90.9 Å². The van der Waals surface area contributed by atoms with Gasteiger partial charge in [0.1, 0.15) is 0 Å². The van der Waals surface area contributed by atoms with Gasteiger partial charge in [0, 0.05) is 18.1 Å². The van der Waals surface area contributed by atoms with E-state index >= 15 is 0 Å². The molecule has 0 aromatic rings. The highest BCUT2D eigenvalue weighted by molar-refractivity contribution is 5.09. The highest BCUT2D eigenvalue weighted by atomic mass is 16.5. The van der Waals surface area contributed by atoms with E-state index in [-0.39, 0.29) is 0 Å². The van der Waals surface area contributed by atoms with Crippen LogP contribution >= 0.6 is 0 Å². The first kappa shape index (κ1) is 17.3. The topological polar surface area (TPSA) is 21.3 Å². The molecule has 2 heteroatoms. The van der Waals surface area contributed by atoms with Gasteiger partial charge in [-0.15, -0.1) is 0 Å². The first-order valence-electron chi connectivity index (χ1n) is 9.68. The normalized spacial score (nSPS) is 27.1. The molecule has 1 spiro atoms. The second-order valence-electron chi connectivity index (χ2n) is 7.31. The maximum Gasteiger partial charge on any atom is 0.0661 e. The Morgan fingerprint density at radius 1 is 0.952 bits per heavy atom. The van der Waals surface area contributed by atoms with Crippen molar-refractivity contribution in [2.75, 3.05) is 13.2 Å². The maximum atomic E-state index is 6.29. The van der Waals surface area contributed by atoms with E-state index in [4.69, 9.17) is 4.74 Å². The van der Waals surface area contributed by atoms with Gasteiger partial charge in [-0.1, -0.05) is 58.8 Å². The number of hydrogen-bond donors (Lipinski definition) is 1. The van der Waals surface area contributed by atoms with Crippen molar-refractivity contribution in [2.24, 2.45) is 5.41 Å². The number of rotatable bonds is 11. The molecule has 0 bridgehead atoms. The first-order valence-corrected chi connectivity index (χ1v) is 9.68. The zero-order valence-corrected chi connectivity index (χ0v) is 14.5. The van der Waals surface area contributed by atoms with Crippen molar-refractivity contribution >= 4 is 0 Å². The summed E-state index contributed by atoms with van der Waals surface area (Å²) in [5.41, 5.74) is 0.511. The van der Waals surface area contributed by atoms with Gasteiger partial charge >= 0.3 is 0 Å². The third-order valence-corrected chi connectivity index (χ3v) is 5.78. The predicted octanol–water partition coefficient (Wildman–Crippen LogP) is 5.06. The van der Waals surface area contributed by atoms with Gasteiger partial charge in [-0.05, 0) is 38.6 Å². The largest absolute Gasteiger partial charge is 0.378 e. The molecule has 2 aliphatic rings. The molecule has 0 aromatic carbocycles. The summed E-state index contributed by atoms with van der Waals surface area (Å²) < 4.78 is 6.29. The average Bonchev–Trinajstić information content (AvgIpc) is 3.00. The fourth-order valence-corrected chi connectivity index (χ4v) is 4.40. The molecule has 0 heterocycles. The Labute approximate surface area is 132 Å². The zero-order chi connectivity index (χ0) is 15.0. The second-order valence-corrected chi connectivity index (χ2v) is 7.31. The van der Waals surface area contributed by atoms with Crippen molar-refractivity contribution in [1.29, 1.82) is 0 Å². The number of ether oxygens (including phenoxy) is 1. The molecule has 0 saturated heterocycles. The maximum absolute atomic E-state index is 6.29. The van der Waals surface area contributed by atoms with E-state index in [2.05, 4.69) is 19.2 Å². The summed E-state index contributed by atoms with van der Waals surface area (Å²) in [4.78, 5) is 0. The highest BCUT2D eigenvalue weighted by Gasteiger charge is 2.56. The van der Waals surface area contributed by atoms with Crippen LogP contribution in [0.25, 0.3) is 0 Å². The fourth-order valence-electron chi connectivity index (χ4n) is 4.40. The van der Waals surface area contributed by atoms with Gasteiger partial charge in [-0.2, -0.15) is 0 Å². The van der Waals surface area contributed by atoms with Gasteiger partial charge in [0.2, 0.25) is 0 Å². The van der Waals surface area contributed by atoms with Gasteiger partial charge in [0.15, 0.2) is 0 Å². The van der Waals surface area contributed by atoms with Gasteiger partial charge in [0.05, 0.1) is 6.10 Å². The lowest BCUT2D eigenvalue weighted by atomic mass is 9.60. The van der Waals surface area contributed by atoms with Gasteiger partial charge in [0.25, 0.3) is 0 Å². The van der Waals surface area contributed by atoms with Crippen molar-refractivity contribution < 1.29 is 4.74 Å². The van der Waals surface area contributed by atoms with Crippen LogP contribution in [0.2, 0.25) is 0 Å². The molecular weight excluding hydrogens is 258 g/mol. The van der Waals surface area contributed by atoms with Crippen LogP contribution in [0.4, 0.5) is 0 Å². The SMILES string of the molecule is CCCCCCCCOC1CC(NCCC)C12CCCC2. The number of nitrogens with one attached hydrogen (secondary N) is 1. The Hall–Kier alpha value is -0.0800.